The maximum Gasteiger partial charge on any atom is 0.0999 e. The Kier molecular flexibility index (Phi) is 6.38. The number of piperidine rings is 1. The van der Waals surface area contributed by atoms with Gasteiger partial charge in [-0.15, -0.1) is 12.4 Å². The lowest BCUT2D eigenvalue weighted by molar-refractivity contribution is 0.343. The Morgan fingerprint density at radius 2 is 1.77 bits per heavy atom. The van der Waals surface area contributed by atoms with Gasteiger partial charge in [-0.25, -0.2) is 9.50 Å². The third kappa shape index (κ3) is 4.09. The van der Waals surface area contributed by atoms with Crippen molar-refractivity contribution >= 4 is 17.9 Å². The van der Waals surface area contributed by atoms with Crippen LogP contribution < -0.4 is 5.32 Å². The van der Waals surface area contributed by atoms with Gasteiger partial charge in [0.15, 0.2) is 0 Å². The summed E-state index contributed by atoms with van der Waals surface area (Å²) in [5.74, 6) is 0. The van der Waals surface area contributed by atoms with Gasteiger partial charge in [0.1, 0.15) is 0 Å². The van der Waals surface area contributed by atoms with Gasteiger partial charge in [-0.2, -0.15) is 15.3 Å². The van der Waals surface area contributed by atoms with E-state index < -0.39 is 0 Å². The first-order valence-electron chi connectivity index (χ1n) is 10.9. The van der Waals surface area contributed by atoms with Crippen LogP contribution in [-0.4, -0.2) is 47.2 Å². The van der Waals surface area contributed by atoms with E-state index in [-0.39, 0.29) is 12.4 Å². The van der Waals surface area contributed by atoms with Crippen LogP contribution in [0.1, 0.15) is 51.6 Å². The average Bonchev–Trinajstić information content (AvgIpc) is 3.54. The number of hydrogen-bond donors (Lipinski definition) is 1. The first-order chi connectivity index (χ1) is 14.8. The van der Waals surface area contributed by atoms with Crippen LogP contribution in [0.15, 0.2) is 43.2 Å². The highest BCUT2D eigenvalue weighted by atomic mass is 35.5. The van der Waals surface area contributed by atoms with Crippen LogP contribution in [-0.2, 0) is 0 Å². The molecule has 0 spiro atoms. The highest BCUT2D eigenvalue weighted by molar-refractivity contribution is 5.85. The molecule has 0 atom stereocenters. The Bertz CT molecular complexity index is 1130. The van der Waals surface area contributed by atoms with Crippen molar-refractivity contribution < 1.29 is 0 Å². The SMILES string of the molecule is CCC(CC)n1cc(-c2nc(-c3cnn(C4CCNCC4)c3)cn3nccc23)cn1.Cl. The van der Waals surface area contributed by atoms with E-state index in [9.17, 15) is 0 Å². The molecule has 5 rings (SSSR count). The molecule has 31 heavy (non-hydrogen) atoms. The Hall–Kier alpha value is -2.71. The van der Waals surface area contributed by atoms with Crippen molar-refractivity contribution in [3.63, 3.8) is 0 Å². The fourth-order valence-corrected chi connectivity index (χ4v) is 4.34. The zero-order valence-electron chi connectivity index (χ0n) is 18.0. The molecule has 164 valence electrons. The highest BCUT2D eigenvalue weighted by Crippen LogP contribution is 2.28. The zero-order chi connectivity index (χ0) is 20.5. The lowest BCUT2D eigenvalue weighted by Crippen LogP contribution is -2.29. The van der Waals surface area contributed by atoms with Crippen LogP contribution in [0.25, 0.3) is 28.0 Å². The van der Waals surface area contributed by atoms with Crippen LogP contribution in [0.5, 0.6) is 0 Å². The lowest BCUT2D eigenvalue weighted by Gasteiger charge is -2.22. The molecule has 0 amide bonds. The predicted molar refractivity (Wildman–Crippen MR) is 123 cm³/mol. The van der Waals surface area contributed by atoms with E-state index in [1.807, 2.05) is 35.4 Å². The molecule has 0 aromatic carbocycles. The summed E-state index contributed by atoms with van der Waals surface area (Å²) in [4.78, 5) is 5.02. The monoisotopic (exact) mass is 440 g/mol. The van der Waals surface area contributed by atoms with Gasteiger partial charge in [0.05, 0.1) is 53.8 Å². The van der Waals surface area contributed by atoms with E-state index in [4.69, 9.17) is 4.98 Å². The van der Waals surface area contributed by atoms with Crippen LogP contribution in [0.4, 0.5) is 0 Å². The van der Waals surface area contributed by atoms with Crippen molar-refractivity contribution in [1.29, 1.82) is 0 Å². The average molecular weight is 441 g/mol. The number of nitrogens with zero attached hydrogens (tertiary/aromatic N) is 7. The topological polar surface area (TPSA) is 77.9 Å². The minimum atomic E-state index is 0. The second-order valence-electron chi connectivity index (χ2n) is 8.01. The summed E-state index contributed by atoms with van der Waals surface area (Å²) >= 11 is 0. The molecule has 8 nitrogen and oxygen atoms in total. The molecule has 0 aliphatic carbocycles. The quantitative estimate of drug-likeness (QED) is 0.487. The van der Waals surface area contributed by atoms with Crippen LogP contribution in [0, 0.1) is 0 Å². The van der Waals surface area contributed by atoms with Gasteiger partial charge in [0, 0.05) is 23.5 Å². The third-order valence-corrected chi connectivity index (χ3v) is 6.16. The van der Waals surface area contributed by atoms with Gasteiger partial charge in [0.2, 0.25) is 0 Å². The molecule has 4 aromatic rings. The summed E-state index contributed by atoms with van der Waals surface area (Å²) in [7, 11) is 0. The minimum Gasteiger partial charge on any atom is -0.317 e. The van der Waals surface area contributed by atoms with E-state index >= 15 is 0 Å². The number of halogens is 1. The zero-order valence-corrected chi connectivity index (χ0v) is 18.8. The van der Waals surface area contributed by atoms with Gasteiger partial charge in [-0.05, 0) is 44.8 Å². The highest BCUT2D eigenvalue weighted by Gasteiger charge is 2.18. The van der Waals surface area contributed by atoms with Crippen molar-refractivity contribution in [3.05, 3.63) is 43.2 Å². The maximum atomic E-state index is 5.02. The molecule has 1 N–H and O–H groups in total. The Morgan fingerprint density at radius 3 is 2.55 bits per heavy atom. The number of nitrogens with one attached hydrogen (secondary N) is 1. The Balaban J connectivity index is 0.00000231. The van der Waals surface area contributed by atoms with Crippen LogP contribution >= 0.6 is 12.4 Å². The van der Waals surface area contributed by atoms with E-state index in [0.717, 1.165) is 66.8 Å². The number of fused-ring (bicyclic) bond motifs is 1. The van der Waals surface area contributed by atoms with Crippen molar-refractivity contribution in [1.82, 2.24) is 39.5 Å². The summed E-state index contributed by atoms with van der Waals surface area (Å²) in [5.41, 5.74) is 4.78. The van der Waals surface area contributed by atoms with Gasteiger partial charge in [0.25, 0.3) is 0 Å². The molecule has 4 aromatic heterocycles. The van der Waals surface area contributed by atoms with E-state index in [1.54, 1.807) is 0 Å². The van der Waals surface area contributed by atoms with Gasteiger partial charge in [-0.3, -0.25) is 9.36 Å². The molecule has 1 aliphatic heterocycles. The molecule has 0 bridgehead atoms. The molecule has 0 unspecified atom stereocenters. The molecule has 1 fully saturated rings. The second-order valence-corrected chi connectivity index (χ2v) is 8.01. The van der Waals surface area contributed by atoms with Crippen molar-refractivity contribution in [2.45, 2.75) is 51.6 Å². The van der Waals surface area contributed by atoms with Gasteiger partial charge >= 0.3 is 0 Å². The normalized spacial score (nSPS) is 14.9. The fraction of sp³-hybridized carbons (Fsp3) is 0.455. The van der Waals surface area contributed by atoms with E-state index in [1.165, 1.54) is 0 Å². The van der Waals surface area contributed by atoms with Crippen molar-refractivity contribution in [2.24, 2.45) is 0 Å². The Morgan fingerprint density at radius 1 is 1.00 bits per heavy atom. The molecule has 1 aliphatic rings. The first-order valence-corrected chi connectivity index (χ1v) is 10.9. The van der Waals surface area contributed by atoms with Crippen molar-refractivity contribution in [3.8, 4) is 22.5 Å². The van der Waals surface area contributed by atoms with Crippen LogP contribution in [0.3, 0.4) is 0 Å². The lowest BCUT2D eigenvalue weighted by atomic mass is 10.1. The summed E-state index contributed by atoms with van der Waals surface area (Å²) in [6.07, 6.45) is 16.2. The molecule has 5 heterocycles. The third-order valence-electron chi connectivity index (χ3n) is 6.16. The van der Waals surface area contributed by atoms with E-state index in [0.29, 0.717) is 12.1 Å². The van der Waals surface area contributed by atoms with Gasteiger partial charge < -0.3 is 5.32 Å². The summed E-state index contributed by atoms with van der Waals surface area (Å²) in [6.45, 7) is 6.48. The number of hydrogen-bond acceptors (Lipinski definition) is 5. The molecule has 0 radical (unpaired) electrons. The minimum absolute atomic E-state index is 0. The number of rotatable bonds is 6. The summed E-state index contributed by atoms with van der Waals surface area (Å²) < 4.78 is 6.05. The van der Waals surface area contributed by atoms with Crippen LogP contribution in [0.2, 0.25) is 0 Å². The predicted octanol–water partition coefficient (Wildman–Crippen LogP) is 4.16. The summed E-state index contributed by atoms with van der Waals surface area (Å²) in [6, 6.07) is 2.86. The maximum absolute atomic E-state index is 5.02. The molecule has 0 saturated carbocycles. The molecule has 9 heteroatoms. The molecule has 1 saturated heterocycles. The number of aromatic nitrogens is 7. The van der Waals surface area contributed by atoms with Gasteiger partial charge in [-0.1, -0.05) is 13.8 Å². The Labute approximate surface area is 188 Å². The molecular formula is C22H29ClN8. The largest absolute Gasteiger partial charge is 0.317 e. The smallest absolute Gasteiger partial charge is 0.0999 e. The standard InChI is InChI=1S/C22H28N8.ClH/c1-3-18(4-2)28-14-17(12-26-28)22-21-7-10-24-30(21)15-20(27-22)16-11-25-29(13-16)19-5-8-23-9-6-19;/h7,10-15,18-19,23H,3-6,8-9H2,1-2H3;1H. The second kappa shape index (κ2) is 9.20. The fourth-order valence-electron chi connectivity index (χ4n) is 4.34. The molecular weight excluding hydrogens is 412 g/mol. The van der Waals surface area contributed by atoms with Crippen molar-refractivity contribution in [2.75, 3.05) is 13.1 Å². The van der Waals surface area contributed by atoms with E-state index in [2.05, 4.69) is 56.2 Å². The summed E-state index contributed by atoms with van der Waals surface area (Å²) in [5, 5.41) is 17.1. The first kappa shape index (κ1) is 21.5.